The molecule has 0 bridgehead atoms. The molecular formula is C25H32N2O2S. The largest absolute Gasteiger partial charge is 0.495 e. The lowest BCUT2D eigenvalue weighted by molar-refractivity contribution is 0.0712. The molecule has 1 aliphatic heterocycles. The minimum Gasteiger partial charge on any atom is -0.495 e. The number of benzene rings is 2. The van der Waals surface area contributed by atoms with Gasteiger partial charge >= 0.3 is 0 Å². The molecule has 0 aromatic heterocycles. The van der Waals surface area contributed by atoms with Gasteiger partial charge in [-0.3, -0.25) is 4.90 Å². The van der Waals surface area contributed by atoms with Gasteiger partial charge in [-0.1, -0.05) is 42.5 Å². The molecule has 0 atom stereocenters. The van der Waals surface area contributed by atoms with Crippen molar-refractivity contribution in [2.24, 2.45) is 0 Å². The highest BCUT2D eigenvalue weighted by molar-refractivity contribution is 7.80. The van der Waals surface area contributed by atoms with E-state index in [1.54, 1.807) is 7.11 Å². The molecule has 30 heavy (non-hydrogen) atoms. The molecule has 5 heteroatoms. The number of para-hydroxylation sites is 2. The molecule has 0 amide bonds. The molecule has 1 saturated carbocycles. The standard InChI is InChI=1S/C25H32N2O2S/c1-28-23-11-6-5-10-22(23)26-24(30)29-19-18-27-17-7-14-25(27)15-12-21(13-16-25)20-8-3-2-4-9-20/h2-6,8-11,21H,7,12-19H2,1H3,(H,26,30). The van der Waals surface area contributed by atoms with Gasteiger partial charge < -0.3 is 14.8 Å². The SMILES string of the molecule is COc1ccccc1NC(=S)OCCN1CCCC12CCC(c1ccccc1)CC2. The van der Waals surface area contributed by atoms with E-state index in [1.807, 2.05) is 24.3 Å². The Balaban J connectivity index is 1.26. The van der Waals surface area contributed by atoms with Crippen molar-refractivity contribution < 1.29 is 9.47 Å². The van der Waals surface area contributed by atoms with E-state index < -0.39 is 0 Å². The normalized spacial score (nSPS) is 24.0. The molecule has 1 spiro atoms. The Hall–Kier alpha value is -2.11. The maximum absolute atomic E-state index is 5.85. The van der Waals surface area contributed by atoms with Crippen LogP contribution in [0, 0.1) is 0 Å². The van der Waals surface area contributed by atoms with E-state index in [1.165, 1.54) is 50.6 Å². The number of thiocarbonyl (C=S) groups is 1. The molecule has 4 rings (SSSR count). The van der Waals surface area contributed by atoms with Crippen molar-refractivity contribution in [3.8, 4) is 5.75 Å². The molecule has 1 N–H and O–H groups in total. The van der Waals surface area contributed by atoms with Crippen LogP contribution in [0.15, 0.2) is 54.6 Å². The number of nitrogens with zero attached hydrogens (tertiary/aromatic N) is 1. The monoisotopic (exact) mass is 424 g/mol. The smallest absolute Gasteiger partial charge is 0.261 e. The lowest BCUT2D eigenvalue weighted by atomic mass is 9.73. The van der Waals surface area contributed by atoms with E-state index in [9.17, 15) is 0 Å². The van der Waals surface area contributed by atoms with Gasteiger partial charge in [-0.25, -0.2) is 0 Å². The number of nitrogens with one attached hydrogen (secondary N) is 1. The number of hydrogen-bond donors (Lipinski definition) is 1. The van der Waals surface area contributed by atoms with Crippen LogP contribution in [0.4, 0.5) is 5.69 Å². The van der Waals surface area contributed by atoms with E-state index in [0.29, 0.717) is 23.2 Å². The summed E-state index contributed by atoms with van der Waals surface area (Å²) in [6.07, 6.45) is 7.76. The average Bonchev–Trinajstić information content (AvgIpc) is 3.17. The van der Waals surface area contributed by atoms with Gasteiger partial charge in [-0.05, 0) is 80.9 Å². The average molecular weight is 425 g/mol. The van der Waals surface area contributed by atoms with Crippen molar-refractivity contribution in [2.75, 3.05) is 32.1 Å². The number of likely N-dealkylation sites (tertiary alicyclic amines) is 1. The fraction of sp³-hybridized carbons (Fsp3) is 0.480. The van der Waals surface area contributed by atoms with Crippen LogP contribution in [0.3, 0.4) is 0 Å². The summed E-state index contributed by atoms with van der Waals surface area (Å²) < 4.78 is 11.2. The summed E-state index contributed by atoms with van der Waals surface area (Å²) in [7, 11) is 1.66. The van der Waals surface area contributed by atoms with Crippen molar-refractivity contribution in [2.45, 2.75) is 50.0 Å². The van der Waals surface area contributed by atoms with Crippen LogP contribution in [0.1, 0.15) is 50.0 Å². The van der Waals surface area contributed by atoms with Gasteiger partial charge in [0.15, 0.2) is 0 Å². The maximum Gasteiger partial charge on any atom is 0.261 e. The number of ether oxygens (including phenoxy) is 2. The van der Waals surface area contributed by atoms with Crippen LogP contribution in [0.5, 0.6) is 5.75 Å². The Kier molecular flexibility index (Phi) is 6.90. The van der Waals surface area contributed by atoms with Gasteiger partial charge in [-0.2, -0.15) is 0 Å². The van der Waals surface area contributed by atoms with Gasteiger partial charge in [0, 0.05) is 12.1 Å². The van der Waals surface area contributed by atoms with Gasteiger partial charge in [0.05, 0.1) is 12.8 Å². The predicted octanol–water partition coefficient (Wildman–Crippen LogP) is 5.60. The number of methoxy groups -OCH3 is 1. The Bertz CT molecular complexity index is 834. The molecule has 1 saturated heterocycles. The molecule has 2 aromatic carbocycles. The van der Waals surface area contributed by atoms with Crippen LogP contribution >= 0.6 is 12.2 Å². The van der Waals surface area contributed by atoms with Crippen LogP contribution in [0.2, 0.25) is 0 Å². The molecule has 2 aromatic rings. The number of hydrogen-bond acceptors (Lipinski definition) is 4. The first-order valence-electron chi connectivity index (χ1n) is 11.1. The number of rotatable bonds is 6. The molecule has 160 valence electrons. The highest BCUT2D eigenvalue weighted by Crippen LogP contribution is 2.46. The highest BCUT2D eigenvalue weighted by atomic mass is 32.1. The molecule has 2 fully saturated rings. The third-order valence-corrected chi connectivity index (χ3v) is 7.09. The first-order valence-corrected chi connectivity index (χ1v) is 11.5. The fourth-order valence-corrected chi connectivity index (χ4v) is 5.46. The zero-order valence-electron chi connectivity index (χ0n) is 17.8. The minimum atomic E-state index is 0.367. The van der Waals surface area contributed by atoms with Crippen molar-refractivity contribution in [1.82, 2.24) is 4.90 Å². The Morgan fingerprint density at radius 2 is 1.80 bits per heavy atom. The van der Waals surface area contributed by atoms with Crippen LogP contribution in [0.25, 0.3) is 0 Å². The molecule has 0 unspecified atom stereocenters. The Labute approximate surface area is 185 Å². The zero-order valence-corrected chi connectivity index (χ0v) is 18.6. The van der Waals surface area contributed by atoms with Crippen molar-refractivity contribution in [3.05, 3.63) is 60.2 Å². The first-order chi connectivity index (χ1) is 14.7. The van der Waals surface area contributed by atoms with Gasteiger partial charge in [-0.15, -0.1) is 0 Å². The summed E-state index contributed by atoms with van der Waals surface area (Å²) in [6.45, 7) is 2.72. The molecule has 4 nitrogen and oxygen atoms in total. The predicted molar refractivity (Wildman–Crippen MR) is 126 cm³/mol. The summed E-state index contributed by atoms with van der Waals surface area (Å²) in [5.74, 6) is 1.48. The second-order valence-electron chi connectivity index (χ2n) is 8.46. The van der Waals surface area contributed by atoms with Crippen molar-refractivity contribution in [1.29, 1.82) is 0 Å². The third kappa shape index (κ3) is 4.79. The Morgan fingerprint density at radius 1 is 1.07 bits per heavy atom. The van der Waals surface area contributed by atoms with Crippen molar-refractivity contribution in [3.63, 3.8) is 0 Å². The molecular weight excluding hydrogens is 392 g/mol. The fourth-order valence-electron chi connectivity index (χ4n) is 5.27. The van der Waals surface area contributed by atoms with E-state index in [4.69, 9.17) is 21.7 Å². The summed E-state index contributed by atoms with van der Waals surface area (Å²) >= 11 is 5.39. The summed E-state index contributed by atoms with van der Waals surface area (Å²) in [5, 5.41) is 3.55. The maximum atomic E-state index is 5.85. The molecule has 0 radical (unpaired) electrons. The van der Waals surface area contributed by atoms with Gasteiger partial charge in [0.25, 0.3) is 5.17 Å². The second kappa shape index (κ2) is 9.80. The summed E-state index contributed by atoms with van der Waals surface area (Å²) in [6, 6.07) is 18.8. The molecule has 2 aliphatic rings. The highest BCUT2D eigenvalue weighted by Gasteiger charge is 2.43. The lowest BCUT2D eigenvalue weighted by Crippen LogP contribution is -2.47. The lowest BCUT2D eigenvalue weighted by Gasteiger charge is -2.44. The Morgan fingerprint density at radius 3 is 2.57 bits per heavy atom. The van der Waals surface area contributed by atoms with E-state index in [0.717, 1.165) is 18.0 Å². The molecule has 1 aliphatic carbocycles. The molecule has 1 heterocycles. The van der Waals surface area contributed by atoms with Gasteiger partial charge in [0.1, 0.15) is 12.4 Å². The van der Waals surface area contributed by atoms with E-state index in [2.05, 4.69) is 40.5 Å². The van der Waals surface area contributed by atoms with Crippen LogP contribution in [-0.2, 0) is 4.74 Å². The zero-order chi connectivity index (χ0) is 20.8. The summed E-state index contributed by atoms with van der Waals surface area (Å²) in [4.78, 5) is 2.67. The van der Waals surface area contributed by atoms with Crippen LogP contribution in [-0.4, -0.2) is 42.4 Å². The first kappa shape index (κ1) is 21.1. The topological polar surface area (TPSA) is 33.7 Å². The van der Waals surface area contributed by atoms with E-state index in [-0.39, 0.29) is 0 Å². The van der Waals surface area contributed by atoms with Gasteiger partial charge in [0.2, 0.25) is 0 Å². The van der Waals surface area contributed by atoms with Crippen LogP contribution < -0.4 is 10.1 Å². The third-order valence-electron chi connectivity index (χ3n) is 6.87. The number of anilines is 1. The minimum absolute atomic E-state index is 0.367. The second-order valence-corrected chi connectivity index (χ2v) is 8.83. The van der Waals surface area contributed by atoms with E-state index >= 15 is 0 Å². The van der Waals surface area contributed by atoms with Crippen molar-refractivity contribution >= 4 is 23.1 Å². The quantitative estimate of drug-likeness (QED) is 0.611. The summed E-state index contributed by atoms with van der Waals surface area (Å²) in [5.41, 5.74) is 2.71.